The minimum Gasteiger partial charge on any atom is -0.297 e. The van der Waals surface area contributed by atoms with Crippen LogP contribution in [-0.2, 0) is 0 Å². The molecule has 0 bridgehead atoms. The van der Waals surface area contributed by atoms with Gasteiger partial charge in [0.25, 0.3) is 0 Å². The summed E-state index contributed by atoms with van der Waals surface area (Å²) in [5.41, 5.74) is 1.80. The lowest BCUT2D eigenvalue weighted by atomic mass is 9.84. The summed E-state index contributed by atoms with van der Waals surface area (Å²) < 4.78 is 0. The van der Waals surface area contributed by atoms with Crippen LogP contribution in [0.25, 0.3) is 0 Å². The highest BCUT2D eigenvalue weighted by molar-refractivity contribution is 5.53. The maximum atomic E-state index is 4.21. The van der Waals surface area contributed by atoms with E-state index in [-0.39, 0.29) is 0 Å². The molecule has 0 aliphatic rings. The zero-order chi connectivity index (χ0) is 9.61. The molecule has 0 heterocycles. The van der Waals surface area contributed by atoms with Gasteiger partial charge in [0.15, 0.2) is 0 Å². The van der Waals surface area contributed by atoms with Crippen LogP contribution in [0.1, 0.15) is 41.0 Å². The fraction of sp³-hybridized carbons (Fsp3) is 0.727. The third-order valence-corrected chi connectivity index (χ3v) is 2.00. The summed E-state index contributed by atoms with van der Waals surface area (Å²) in [4.78, 5) is 4.21. The van der Waals surface area contributed by atoms with Crippen LogP contribution in [0.2, 0.25) is 0 Å². The summed E-state index contributed by atoms with van der Waals surface area (Å²) in [6.45, 7) is 11.7. The van der Waals surface area contributed by atoms with Crippen LogP contribution in [0.5, 0.6) is 0 Å². The Hall–Kier alpha value is -0.590. The molecule has 0 aromatic rings. The van der Waals surface area contributed by atoms with Crippen LogP contribution in [0, 0.1) is 5.41 Å². The van der Waals surface area contributed by atoms with E-state index in [9.17, 15) is 0 Å². The van der Waals surface area contributed by atoms with Gasteiger partial charge >= 0.3 is 0 Å². The van der Waals surface area contributed by atoms with E-state index in [1.807, 2.05) is 13.1 Å². The highest BCUT2D eigenvalue weighted by Crippen LogP contribution is 2.27. The maximum Gasteiger partial charge on any atom is 0.0422 e. The molecular weight excluding hydrogens is 146 g/mol. The van der Waals surface area contributed by atoms with E-state index in [0.29, 0.717) is 5.41 Å². The molecule has 0 aromatic heterocycles. The number of aliphatic imine (C=N–C) groups is 1. The summed E-state index contributed by atoms with van der Waals surface area (Å²) in [5, 5.41) is 0. The van der Waals surface area contributed by atoms with Gasteiger partial charge in [0.1, 0.15) is 0 Å². The Morgan fingerprint density at radius 1 is 1.25 bits per heavy atom. The lowest BCUT2D eigenvalue weighted by Gasteiger charge is -2.22. The largest absolute Gasteiger partial charge is 0.297 e. The standard InChI is InChI=1S/C11H21N/c1-6-10(11(3,4)5)8-9-12-7-2/h6-7H,8-9H2,1-5H3/b10-6+,12-7?. The third kappa shape index (κ3) is 4.32. The van der Waals surface area contributed by atoms with Gasteiger partial charge in [-0.2, -0.15) is 0 Å². The summed E-state index contributed by atoms with van der Waals surface area (Å²) in [5.74, 6) is 0. The van der Waals surface area contributed by atoms with Crippen LogP contribution in [0.4, 0.5) is 0 Å². The first kappa shape index (κ1) is 11.4. The Labute approximate surface area is 76.6 Å². The third-order valence-electron chi connectivity index (χ3n) is 2.00. The minimum absolute atomic E-state index is 0.304. The molecule has 0 aromatic carbocycles. The van der Waals surface area contributed by atoms with Gasteiger partial charge in [0.2, 0.25) is 0 Å². The van der Waals surface area contributed by atoms with E-state index >= 15 is 0 Å². The van der Waals surface area contributed by atoms with Gasteiger partial charge in [-0.15, -0.1) is 0 Å². The lowest BCUT2D eigenvalue weighted by molar-refractivity contribution is 0.483. The average Bonchev–Trinajstić information content (AvgIpc) is 1.95. The van der Waals surface area contributed by atoms with Crippen molar-refractivity contribution in [1.29, 1.82) is 0 Å². The quantitative estimate of drug-likeness (QED) is 0.451. The Morgan fingerprint density at radius 3 is 2.17 bits per heavy atom. The molecule has 0 saturated carbocycles. The molecule has 0 atom stereocenters. The van der Waals surface area contributed by atoms with Crippen molar-refractivity contribution in [3.63, 3.8) is 0 Å². The Kier molecular flexibility index (Phi) is 4.87. The fourth-order valence-electron chi connectivity index (χ4n) is 1.27. The van der Waals surface area contributed by atoms with Crippen LogP contribution in [0.3, 0.4) is 0 Å². The highest BCUT2D eigenvalue weighted by atomic mass is 14.7. The predicted octanol–water partition coefficient (Wildman–Crippen LogP) is 3.46. The zero-order valence-corrected chi connectivity index (χ0v) is 9.02. The fourth-order valence-corrected chi connectivity index (χ4v) is 1.27. The molecular formula is C11H21N. The van der Waals surface area contributed by atoms with Crippen LogP contribution in [-0.4, -0.2) is 12.8 Å². The first-order valence-corrected chi connectivity index (χ1v) is 4.62. The molecule has 0 saturated heterocycles. The van der Waals surface area contributed by atoms with E-state index < -0.39 is 0 Å². The van der Waals surface area contributed by atoms with Crippen molar-refractivity contribution in [2.24, 2.45) is 10.4 Å². The molecule has 0 N–H and O–H groups in total. The first-order valence-electron chi connectivity index (χ1n) is 4.62. The number of rotatable bonds is 3. The lowest BCUT2D eigenvalue weighted by Crippen LogP contribution is -2.10. The van der Waals surface area contributed by atoms with E-state index in [0.717, 1.165) is 13.0 Å². The molecule has 0 spiro atoms. The summed E-state index contributed by atoms with van der Waals surface area (Å²) in [7, 11) is 0. The molecule has 0 radical (unpaired) electrons. The van der Waals surface area contributed by atoms with Gasteiger partial charge in [0, 0.05) is 6.54 Å². The van der Waals surface area contributed by atoms with Crippen LogP contribution in [0.15, 0.2) is 16.6 Å². The van der Waals surface area contributed by atoms with Gasteiger partial charge in [0.05, 0.1) is 0 Å². The molecule has 0 aliphatic carbocycles. The van der Waals surface area contributed by atoms with E-state index in [2.05, 4.69) is 38.8 Å². The SMILES string of the molecule is CC=NCC/C(=C\C)C(C)(C)C. The van der Waals surface area contributed by atoms with E-state index in [1.54, 1.807) is 0 Å². The van der Waals surface area contributed by atoms with Crippen LogP contribution >= 0.6 is 0 Å². The molecule has 70 valence electrons. The molecule has 0 fully saturated rings. The molecule has 0 rings (SSSR count). The Morgan fingerprint density at radius 2 is 1.83 bits per heavy atom. The monoisotopic (exact) mass is 167 g/mol. The number of allylic oxidation sites excluding steroid dienone is 1. The molecule has 12 heavy (non-hydrogen) atoms. The second-order valence-electron chi connectivity index (χ2n) is 3.98. The van der Waals surface area contributed by atoms with Crippen molar-refractivity contribution >= 4 is 6.21 Å². The van der Waals surface area contributed by atoms with Crippen molar-refractivity contribution in [3.8, 4) is 0 Å². The average molecular weight is 167 g/mol. The van der Waals surface area contributed by atoms with Gasteiger partial charge in [-0.05, 0) is 31.9 Å². The Bertz CT molecular complexity index is 170. The van der Waals surface area contributed by atoms with E-state index in [1.165, 1.54) is 5.57 Å². The number of nitrogens with zero attached hydrogens (tertiary/aromatic N) is 1. The van der Waals surface area contributed by atoms with E-state index in [4.69, 9.17) is 0 Å². The molecule has 0 amide bonds. The maximum absolute atomic E-state index is 4.21. The predicted molar refractivity (Wildman–Crippen MR) is 56.9 cm³/mol. The molecule has 1 nitrogen and oxygen atoms in total. The van der Waals surface area contributed by atoms with Gasteiger partial charge in [-0.1, -0.05) is 32.4 Å². The van der Waals surface area contributed by atoms with Crippen molar-refractivity contribution in [3.05, 3.63) is 11.6 Å². The number of hydrogen-bond donors (Lipinski definition) is 0. The van der Waals surface area contributed by atoms with Crippen molar-refractivity contribution in [1.82, 2.24) is 0 Å². The van der Waals surface area contributed by atoms with Crippen molar-refractivity contribution in [2.75, 3.05) is 6.54 Å². The second kappa shape index (κ2) is 5.13. The van der Waals surface area contributed by atoms with Crippen LogP contribution < -0.4 is 0 Å². The number of hydrogen-bond acceptors (Lipinski definition) is 1. The molecule has 1 heteroatoms. The summed E-state index contributed by atoms with van der Waals surface area (Å²) in [6.07, 6.45) is 5.17. The highest BCUT2D eigenvalue weighted by Gasteiger charge is 2.14. The minimum atomic E-state index is 0.304. The van der Waals surface area contributed by atoms with Gasteiger partial charge in [-0.3, -0.25) is 4.99 Å². The zero-order valence-electron chi connectivity index (χ0n) is 9.02. The first-order chi connectivity index (χ1) is 5.52. The van der Waals surface area contributed by atoms with Gasteiger partial charge in [-0.25, -0.2) is 0 Å². The molecule has 0 aliphatic heterocycles. The molecule has 0 unspecified atom stereocenters. The smallest absolute Gasteiger partial charge is 0.0422 e. The summed E-state index contributed by atoms with van der Waals surface area (Å²) in [6, 6.07) is 0. The Balaban J connectivity index is 4.04. The summed E-state index contributed by atoms with van der Waals surface area (Å²) >= 11 is 0. The van der Waals surface area contributed by atoms with Crippen molar-refractivity contribution < 1.29 is 0 Å². The topological polar surface area (TPSA) is 12.4 Å². The van der Waals surface area contributed by atoms with Crippen molar-refractivity contribution in [2.45, 2.75) is 41.0 Å². The second-order valence-corrected chi connectivity index (χ2v) is 3.98. The normalized spacial score (nSPS) is 14.2. The van der Waals surface area contributed by atoms with Gasteiger partial charge < -0.3 is 0 Å².